The summed E-state index contributed by atoms with van der Waals surface area (Å²) in [5, 5.41) is 8.66. The van der Waals surface area contributed by atoms with Gasteiger partial charge in [0.2, 0.25) is 0 Å². The average molecular weight is 143 g/mol. The van der Waals surface area contributed by atoms with Gasteiger partial charge in [-0.25, -0.2) is 0 Å². The molecule has 10 heavy (non-hydrogen) atoms. The molecular weight excluding hydrogens is 126 g/mol. The second-order valence-corrected chi connectivity index (χ2v) is 3.31. The van der Waals surface area contributed by atoms with Crippen molar-refractivity contribution in [2.75, 3.05) is 20.3 Å². The van der Waals surface area contributed by atoms with Gasteiger partial charge in [0.1, 0.15) is 0 Å². The van der Waals surface area contributed by atoms with Crippen LogP contribution in [-0.4, -0.2) is 30.3 Å². The lowest BCUT2D eigenvalue weighted by atomic mass is 9.83. The molecule has 0 bridgehead atoms. The summed E-state index contributed by atoms with van der Waals surface area (Å²) in [4.78, 5) is 1.96. The van der Waals surface area contributed by atoms with Crippen molar-refractivity contribution in [1.29, 1.82) is 0 Å². The first-order chi connectivity index (χ1) is 4.83. The lowest BCUT2D eigenvalue weighted by Crippen LogP contribution is -2.24. The molecule has 1 aliphatic carbocycles. The Kier molecular flexibility index (Phi) is 3.16. The molecule has 0 aliphatic heterocycles. The molecule has 60 valence electrons. The van der Waals surface area contributed by atoms with Crippen molar-refractivity contribution in [2.24, 2.45) is 5.92 Å². The van der Waals surface area contributed by atoms with E-state index in [9.17, 15) is 0 Å². The Morgan fingerprint density at radius 3 is 2.60 bits per heavy atom. The van der Waals surface area contributed by atoms with Crippen LogP contribution in [0.25, 0.3) is 0 Å². The lowest BCUT2D eigenvalue weighted by Gasteiger charge is -2.26. The molecule has 1 rings (SSSR count). The molecule has 0 aromatic carbocycles. The summed E-state index contributed by atoms with van der Waals surface area (Å²) in [6.45, 7) is 1.26. The third-order valence-corrected chi connectivity index (χ3v) is 2.39. The van der Waals surface area contributed by atoms with E-state index in [4.69, 9.17) is 5.11 Å². The van der Waals surface area contributed by atoms with Gasteiger partial charge in [-0.3, -0.25) is 4.90 Å². The molecule has 0 heterocycles. The van der Waals surface area contributed by atoms with Crippen molar-refractivity contribution in [2.45, 2.75) is 25.7 Å². The summed E-state index contributed by atoms with van der Waals surface area (Å²) >= 11 is 0. The van der Waals surface area contributed by atoms with E-state index in [1.54, 1.807) is 0 Å². The second kappa shape index (κ2) is 3.94. The Bertz CT molecular complexity index is 86.5. The van der Waals surface area contributed by atoms with Gasteiger partial charge in [-0.2, -0.15) is 0 Å². The van der Waals surface area contributed by atoms with Crippen LogP contribution in [-0.2, 0) is 0 Å². The van der Waals surface area contributed by atoms with Crippen LogP contribution >= 0.6 is 0 Å². The van der Waals surface area contributed by atoms with Crippen LogP contribution in [0.1, 0.15) is 25.7 Å². The molecule has 0 saturated heterocycles. The van der Waals surface area contributed by atoms with Gasteiger partial charge in [0, 0.05) is 6.54 Å². The summed E-state index contributed by atoms with van der Waals surface area (Å²) < 4.78 is 0. The number of aliphatic hydroxyl groups is 1. The van der Waals surface area contributed by atoms with E-state index in [2.05, 4.69) is 0 Å². The van der Waals surface area contributed by atoms with Crippen molar-refractivity contribution in [1.82, 2.24) is 4.90 Å². The highest BCUT2D eigenvalue weighted by Gasteiger charge is 2.16. The molecule has 0 spiro atoms. The van der Waals surface area contributed by atoms with Gasteiger partial charge in [0.05, 0.1) is 6.73 Å². The highest BCUT2D eigenvalue weighted by Crippen LogP contribution is 2.29. The quantitative estimate of drug-likeness (QED) is 0.595. The van der Waals surface area contributed by atoms with E-state index < -0.39 is 0 Å². The molecule has 1 saturated carbocycles. The summed E-state index contributed by atoms with van der Waals surface area (Å²) in [6, 6.07) is 0. The van der Waals surface area contributed by atoms with Gasteiger partial charge in [0.25, 0.3) is 0 Å². The maximum atomic E-state index is 8.66. The maximum Gasteiger partial charge on any atom is 0.0954 e. The normalized spacial score (nSPS) is 19.5. The predicted molar refractivity (Wildman–Crippen MR) is 41.7 cm³/mol. The molecular formula is C8H17NO. The highest BCUT2D eigenvalue weighted by molar-refractivity contribution is 4.69. The minimum atomic E-state index is 0.201. The molecule has 0 aromatic heterocycles. The standard InChI is InChI=1S/C8H17NO/c1-9(7-10)6-5-8-3-2-4-8/h8,10H,2-7H2,1H3. The second-order valence-electron chi connectivity index (χ2n) is 3.31. The first-order valence-corrected chi connectivity index (χ1v) is 4.12. The number of nitrogens with zero attached hydrogens (tertiary/aromatic N) is 1. The van der Waals surface area contributed by atoms with Gasteiger partial charge >= 0.3 is 0 Å². The van der Waals surface area contributed by atoms with Crippen LogP contribution in [0, 0.1) is 5.92 Å². The van der Waals surface area contributed by atoms with Crippen molar-refractivity contribution >= 4 is 0 Å². The first-order valence-electron chi connectivity index (χ1n) is 4.12. The lowest BCUT2D eigenvalue weighted by molar-refractivity contribution is 0.119. The Balaban J connectivity index is 1.93. The SMILES string of the molecule is CN(CO)CCC1CCC1. The number of hydrogen-bond donors (Lipinski definition) is 1. The van der Waals surface area contributed by atoms with E-state index in [1.807, 2.05) is 11.9 Å². The Labute approximate surface area is 62.8 Å². The molecule has 2 heteroatoms. The zero-order chi connectivity index (χ0) is 7.40. The highest BCUT2D eigenvalue weighted by atomic mass is 16.3. The van der Waals surface area contributed by atoms with Crippen LogP contribution < -0.4 is 0 Å². The molecule has 0 radical (unpaired) electrons. The third kappa shape index (κ3) is 2.27. The first kappa shape index (κ1) is 8.02. The van der Waals surface area contributed by atoms with Gasteiger partial charge in [-0.15, -0.1) is 0 Å². The fourth-order valence-corrected chi connectivity index (χ4v) is 1.26. The molecule has 1 aliphatic rings. The largest absolute Gasteiger partial charge is 0.381 e. The Morgan fingerprint density at radius 2 is 2.20 bits per heavy atom. The third-order valence-electron chi connectivity index (χ3n) is 2.39. The van der Waals surface area contributed by atoms with Crippen molar-refractivity contribution in [3.05, 3.63) is 0 Å². The molecule has 0 amide bonds. The van der Waals surface area contributed by atoms with Crippen LogP contribution in [0.15, 0.2) is 0 Å². The number of rotatable bonds is 4. The molecule has 0 aromatic rings. The van der Waals surface area contributed by atoms with Gasteiger partial charge in [0.15, 0.2) is 0 Å². The Morgan fingerprint density at radius 1 is 1.50 bits per heavy atom. The van der Waals surface area contributed by atoms with E-state index in [-0.39, 0.29) is 6.73 Å². The topological polar surface area (TPSA) is 23.5 Å². The van der Waals surface area contributed by atoms with Gasteiger partial charge in [-0.05, 0) is 19.4 Å². The van der Waals surface area contributed by atoms with Crippen LogP contribution in [0.4, 0.5) is 0 Å². The average Bonchev–Trinajstić information content (AvgIpc) is 1.84. The molecule has 0 atom stereocenters. The molecule has 1 N–H and O–H groups in total. The fourth-order valence-electron chi connectivity index (χ4n) is 1.26. The zero-order valence-corrected chi connectivity index (χ0v) is 6.71. The molecule has 2 nitrogen and oxygen atoms in total. The van der Waals surface area contributed by atoms with E-state index in [1.165, 1.54) is 25.7 Å². The van der Waals surface area contributed by atoms with Crippen LogP contribution in [0.3, 0.4) is 0 Å². The van der Waals surface area contributed by atoms with Crippen molar-refractivity contribution in [3.8, 4) is 0 Å². The minimum Gasteiger partial charge on any atom is -0.381 e. The molecule has 1 fully saturated rings. The van der Waals surface area contributed by atoms with E-state index in [0.717, 1.165) is 12.5 Å². The number of hydrogen-bond acceptors (Lipinski definition) is 2. The summed E-state index contributed by atoms with van der Waals surface area (Å²) in [6.07, 6.45) is 5.53. The fraction of sp³-hybridized carbons (Fsp3) is 1.00. The predicted octanol–water partition coefficient (Wildman–Crippen LogP) is 1.06. The van der Waals surface area contributed by atoms with E-state index in [0.29, 0.717) is 0 Å². The van der Waals surface area contributed by atoms with Crippen LogP contribution in [0.5, 0.6) is 0 Å². The summed E-state index contributed by atoms with van der Waals surface area (Å²) in [5.74, 6) is 0.967. The van der Waals surface area contributed by atoms with E-state index >= 15 is 0 Å². The minimum absolute atomic E-state index is 0.201. The van der Waals surface area contributed by atoms with Crippen LogP contribution in [0.2, 0.25) is 0 Å². The van der Waals surface area contributed by atoms with Gasteiger partial charge in [-0.1, -0.05) is 19.3 Å². The van der Waals surface area contributed by atoms with Crippen molar-refractivity contribution in [3.63, 3.8) is 0 Å². The number of aliphatic hydroxyl groups excluding tert-OH is 1. The summed E-state index contributed by atoms with van der Waals surface area (Å²) in [5.41, 5.74) is 0. The monoisotopic (exact) mass is 143 g/mol. The smallest absolute Gasteiger partial charge is 0.0954 e. The van der Waals surface area contributed by atoms with Gasteiger partial charge < -0.3 is 5.11 Å². The van der Waals surface area contributed by atoms with Crippen molar-refractivity contribution < 1.29 is 5.11 Å². The molecule has 0 unspecified atom stereocenters. The Hall–Kier alpha value is -0.0800. The zero-order valence-electron chi connectivity index (χ0n) is 6.71. The maximum absolute atomic E-state index is 8.66. The summed E-state index contributed by atoms with van der Waals surface area (Å²) in [7, 11) is 1.96.